The fourth-order valence-electron chi connectivity index (χ4n) is 1.85. The number of rotatable bonds is 4. The van der Waals surface area contributed by atoms with Crippen LogP contribution in [0.5, 0.6) is 0 Å². The highest BCUT2D eigenvalue weighted by Crippen LogP contribution is 2.04. The van der Waals surface area contributed by atoms with Gasteiger partial charge in [-0.25, -0.2) is 0 Å². The average molecular weight is 225 g/mol. The third-order valence-corrected chi connectivity index (χ3v) is 2.69. The summed E-state index contributed by atoms with van der Waals surface area (Å²) in [4.78, 5) is 2.29. The first kappa shape index (κ1) is 11.6. The van der Waals surface area contributed by atoms with Crippen LogP contribution < -0.4 is 5.32 Å². The van der Waals surface area contributed by atoms with Crippen LogP contribution in [0.4, 0.5) is 0 Å². The first-order valence-electron chi connectivity index (χ1n) is 5.67. The van der Waals surface area contributed by atoms with E-state index in [1.807, 2.05) is 13.0 Å². The molecular formula is C11H19N3O2. The Labute approximate surface area is 95.7 Å². The standard InChI is InChI=1S/C11H19N3O2/c1-9-5-10(16-13-9)6-12-7-11-8-14(2)3-4-15-11/h5,11-12H,3-4,6-8H2,1-2H3. The number of nitrogens with zero attached hydrogens (tertiary/aromatic N) is 2. The van der Waals surface area contributed by atoms with Crippen LogP contribution in [-0.2, 0) is 11.3 Å². The summed E-state index contributed by atoms with van der Waals surface area (Å²) >= 11 is 0. The van der Waals surface area contributed by atoms with E-state index in [0.717, 1.165) is 37.7 Å². The second kappa shape index (κ2) is 5.43. The Bertz CT molecular complexity index is 327. The molecule has 2 rings (SSSR count). The molecule has 16 heavy (non-hydrogen) atoms. The Morgan fingerprint density at radius 1 is 1.62 bits per heavy atom. The first-order valence-corrected chi connectivity index (χ1v) is 5.67. The van der Waals surface area contributed by atoms with Gasteiger partial charge in [0.1, 0.15) is 0 Å². The Kier molecular flexibility index (Phi) is 3.93. The lowest BCUT2D eigenvalue weighted by Crippen LogP contribution is -2.44. The monoisotopic (exact) mass is 225 g/mol. The summed E-state index contributed by atoms with van der Waals surface area (Å²) in [6.45, 7) is 6.32. The fraction of sp³-hybridized carbons (Fsp3) is 0.727. The molecule has 1 saturated heterocycles. The summed E-state index contributed by atoms with van der Waals surface area (Å²) in [6.07, 6.45) is 0.280. The number of nitrogens with one attached hydrogen (secondary N) is 1. The van der Waals surface area contributed by atoms with E-state index in [-0.39, 0.29) is 6.10 Å². The summed E-state index contributed by atoms with van der Waals surface area (Å²) in [5, 5.41) is 7.16. The molecule has 1 unspecified atom stereocenters. The van der Waals surface area contributed by atoms with Crippen molar-refractivity contribution in [2.24, 2.45) is 0 Å². The number of aryl methyl sites for hydroxylation is 1. The number of likely N-dealkylation sites (N-methyl/N-ethyl adjacent to an activating group) is 1. The Balaban J connectivity index is 1.67. The molecule has 1 N–H and O–H groups in total. The van der Waals surface area contributed by atoms with Crippen molar-refractivity contribution < 1.29 is 9.26 Å². The van der Waals surface area contributed by atoms with E-state index in [4.69, 9.17) is 9.26 Å². The maximum absolute atomic E-state index is 5.64. The maximum Gasteiger partial charge on any atom is 0.150 e. The molecule has 0 radical (unpaired) electrons. The van der Waals surface area contributed by atoms with Crippen molar-refractivity contribution in [3.05, 3.63) is 17.5 Å². The van der Waals surface area contributed by atoms with Crippen LogP contribution >= 0.6 is 0 Å². The smallest absolute Gasteiger partial charge is 0.150 e. The number of hydrogen-bond acceptors (Lipinski definition) is 5. The van der Waals surface area contributed by atoms with Gasteiger partial charge in [-0.3, -0.25) is 0 Å². The van der Waals surface area contributed by atoms with Gasteiger partial charge in [0.2, 0.25) is 0 Å². The normalized spacial score (nSPS) is 22.5. The molecule has 1 aliphatic heterocycles. The van der Waals surface area contributed by atoms with E-state index in [1.54, 1.807) is 0 Å². The number of ether oxygens (including phenoxy) is 1. The van der Waals surface area contributed by atoms with Gasteiger partial charge >= 0.3 is 0 Å². The molecule has 0 bridgehead atoms. The molecule has 0 amide bonds. The van der Waals surface area contributed by atoms with Crippen molar-refractivity contribution in [1.82, 2.24) is 15.4 Å². The molecule has 1 aliphatic rings. The summed E-state index contributed by atoms with van der Waals surface area (Å²) < 4.78 is 10.8. The molecule has 0 aliphatic carbocycles. The van der Waals surface area contributed by atoms with Crippen molar-refractivity contribution >= 4 is 0 Å². The molecule has 5 nitrogen and oxygen atoms in total. The van der Waals surface area contributed by atoms with Gasteiger partial charge < -0.3 is 19.5 Å². The number of aromatic nitrogens is 1. The second-order valence-corrected chi connectivity index (χ2v) is 4.32. The lowest BCUT2D eigenvalue weighted by Gasteiger charge is -2.30. The molecule has 1 atom stereocenters. The second-order valence-electron chi connectivity index (χ2n) is 4.32. The predicted octanol–water partition coefficient (Wildman–Crippen LogP) is 0.403. The molecule has 1 aromatic heterocycles. The van der Waals surface area contributed by atoms with Gasteiger partial charge in [-0.2, -0.15) is 0 Å². The molecule has 90 valence electrons. The molecule has 0 saturated carbocycles. The lowest BCUT2D eigenvalue weighted by molar-refractivity contribution is -0.0184. The molecule has 5 heteroatoms. The lowest BCUT2D eigenvalue weighted by atomic mass is 10.3. The Morgan fingerprint density at radius 2 is 2.50 bits per heavy atom. The van der Waals surface area contributed by atoms with Crippen molar-refractivity contribution in [2.45, 2.75) is 19.6 Å². The third kappa shape index (κ3) is 3.30. The zero-order valence-corrected chi connectivity index (χ0v) is 9.90. The highest BCUT2D eigenvalue weighted by Gasteiger charge is 2.17. The average Bonchev–Trinajstić information content (AvgIpc) is 2.64. The van der Waals surface area contributed by atoms with Gasteiger partial charge in [0.05, 0.1) is 24.9 Å². The van der Waals surface area contributed by atoms with Gasteiger partial charge in [0.25, 0.3) is 0 Å². The van der Waals surface area contributed by atoms with E-state index in [2.05, 4.69) is 22.4 Å². The van der Waals surface area contributed by atoms with Crippen LogP contribution in [0.1, 0.15) is 11.5 Å². The van der Waals surface area contributed by atoms with Gasteiger partial charge in [-0.1, -0.05) is 5.16 Å². The highest BCUT2D eigenvalue weighted by atomic mass is 16.5. The largest absolute Gasteiger partial charge is 0.374 e. The SMILES string of the molecule is Cc1cc(CNCC2CN(C)CCO2)on1. The van der Waals surface area contributed by atoms with Crippen LogP contribution in [0.2, 0.25) is 0 Å². The van der Waals surface area contributed by atoms with Crippen LogP contribution in [0.15, 0.2) is 10.6 Å². The van der Waals surface area contributed by atoms with Gasteiger partial charge in [0.15, 0.2) is 5.76 Å². The zero-order chi connectivity index (χ0) is 11.4. The zero-order valence-electron chi connectivity index (χ0n) is 9.90. The summed E-state index contributed by atoms with van der Waals surface area (Å²) in [5.74, 6) is 0.877. The first-order chi connectivity index (χ1) is 7.74. The molecule has 0 spiro atoms. The van der Waals surface area contributed by atoms with Gasteiger partial charge in [0, 0.05) is 25.7 Å². The fourth-order valence-corrected chi connectivity index (χ4v) is 1.85. The summed E-state index contributed by atoms with van der Waals surface area (Å²) in [6, 6.07) is 1.95. The van der Waals surface area contributed by atoms with Crippen molar-refractivity contribution in [3.63, 3.8) is 0 Å². The van der Waals surface area contributed by atoms with Crippen LogP contribution in [0.25, 0.3) is 0 Å². The minimum atomic E-state index is 0.280. The van der Waals surface area contributed by atoms with Crippen molar-refractivity contribution in [1.29, 1.82) is 0 Å². The highest BCUT2D eigenvalue weighted by molar-refractivity contribution is 5.02. The molecule has 1 aromatic rings. The van der Waals surface area contributed by atoms with Crippen molar-refractivity contribution in [3.8, 4) is 0 Å². The topological polar surface area (TPSA) is 50.5 Å². The van der Waals surface area contributed by atoms with E-state index in [9.17, 15) is 0 Å². The minimum Gasteiger partial charge on any atom is -0.374 e. The van der Waals surface area contributed by atoms with Crippen molar-refractivity contribution in [2.75, 3.05) is 33.3 Å². The Morgan fingerprint density at radius 3 is 3.19 bits per heavy atom. The van der Waals surface area contributed by atoms with E-state index in [0.29, 0.717) is 6.54 Å². The quantitative estimate of drug-likeness (QED) is 0.804. The summed E-state index contributed by atoms with van der Waals surface area (Å²) in [7, 11) is 2.12. The van der Waals surface area contributed by atoms with E-state index >= 15 is 0 Å². The van der Waals surface area contributed by atoms with E-state index < -0.39 is 0 Å². The Hall–Kier alpha value is -0.910. The summed E-state index contributed by atoms with van der Waals surface area (Å²) in [5.41, 5.74) is 0.922. The maximum atomic E-state index is 5.64. The number of morpholine rings is 1. The number of hydrogen-bond donors (Lipinski definition) is 1. The minimum absolute atomic E-state index is 0.280. The third-order valence-electron chi connectivity index (χ3n) is 2.69. The van der Waals surface area contributed by atoms with Crippen LogP contribution in [-0.4, -0.2) is 49.4 Å². The van der Waals surface area contributed by atoms with Gasteiger partial charge in [-0.05, 0) is 14.0 Å². The van der Waals surface area contributed by atoms with Gasteiger partial charge in [-0.15, -0.1) is 0 Å². The predicted molar refractivity (Wildman–Crippen MR) is 60.2 cm³/mol. The molecule has 2 heterocycles. The molecule has 0 aromatic carbocycles. The van der Waals surface area contributed by atoms with E-state index in [1.165, 1.54) is 0 Å². The molecular weight excluding hydrogens is 206 g/mol. The van der Waals surface area contributed by atoms with Crippen LogP contribution in [0.3, 0.4) is 0 Å². The van der Waals surface area contributed by atoms with Crippen LogP contribution in [0, 0.1) is 6.92 Å². The molecule has 1 fully saturated rings.